The Bertz CT molecular complexity index is 392. The molecule has 0 aliphatic carbocycles. The minimum Gasteiger partial charge on any atom is -0.475 e. The lowest BCUT2D eigenvalue weighted by atomic mass is 10.2. The Morgan fingerprint density at radius 2 is 2.38 bits per heavy atom. The number of rotatable bonds is 4. The second-order valence-corrected chi connectivity index (χ2v) is 4.76. The predicted molar refractivity (Wildman–Crippen MR) is 68.7 cm³/mol. The third kappa shape index (κ3) is 2.83. The van der Waals surface area contributed by atoms with E-state index in [-0.39, 0.29) is 6.04 Å². The Labute approximate surface area is 104 Å². The molecule has 0 saturated carbocycles. The second kappa shape index (κ2) is 5.46. The highest BCUT2D eigenvalue weighted by atomic mass is 79.9. The third-order valence-corrected chi connectivity index (χ3v) is 3.02. The summed E-state index contributed by atoms with van der Waals surface area (Å²) in [5.74, 6) is 0.753. The molecule has 1 aromatic rings. The van der Waals surface area contributed by atoms with E-state index in [1.165, 1.54) is 0 Å². The van der Waals surface area contributed by atoms with Crippen molar-refractivity contribution in [3.63, 3.8) is 0 Å². The van der Waals surface area contributed by atoms with Crippen LogP contribution in [0.15, 0.2) is 33.7 Å². The summed E-state index contributed by atoms with van der Waals surface area (Å²) in [6, 6.07) is 8.28. The van der Waals surface area contributed by atoms with E-state index >= 15 is 0 Å². The van der Waals surface area contributed by atoms with Gasteiger partial charge in [-0.2, -0.15) is 0 Å². The van der Waals surface area contributed by atoms with Crippen LogP contribution in [0.3, 0.4) is 0 Å². The maximum atomic E-state index is 5.59. The van der Waals surface area contributed by atoms with Gasteiger partial charge in [0.15, 0.2) is 0 Å². The van der Waals surface area contributed by atoms with Crippen LogP contribution in [0, 0.1) is 0 Å². The molecule has 2 N–H and O–H groups in total. The number of nitrogens with zero attached hydrogens (tertiary/aromatic N) is 1. The average Bonchev–Trinajstić information content (AvgIpc) is 2.75. The van der Waals surface area contributed by atoms with Gasteiger partial charge in [-0.05, 0) is 37.6 Å². The fourth-order valence-corrected chi connectivity index (χ4v) is 2.10. The van der Waals surface area contributed by atoms with Crippen LogP contribution in [0.4, 0.5) is 0 Å². The van der Waals surface area contributed by atoms with Crippen LogP contribution in [0.2, 0.25) is 0 Å². The smallest absolute Gasteiger partial charge is 0.216 e. The van der Waals surface area contributed by atoms with E-state index in [1.807, 2.05) is 24.3 Å². The Kier molecular flexibility index (Phi) is 3.96. The molecule has 0 amide bonds. The summed E-state index contributed by atoms with van der Waals surface area (Å²) in [6.45, 7) is 1.40. The van der Waals surface area contributed by atoms with Crippen molar-refractivity contribution < 1.29 is 4.74 Å². The van der Waals surface area contributed by atoms with E-state index in [0.717, 1.165) is 35.3 Å². The van der Waals surface area contributed by atoms with Crippen molar-refractivity contribution in [1.29, 1.82) is 0 Å². The maximum absolute atomic E-state index is 5.59. The first-order valence-corrected chi connectivity index (χ1v) is 6.25. The number of hydrogen-bond acceptors (Lipinski definition) is 3. The summed E-state index contributed by atoms with van der Waals surface area (Å²) in [5, 5.41) is 0. The lowest BCUT2D eigenvalue weighted by Gasteiger charge is -2.01. The quantitative estimate of drug-likeness (QED) is 0.922. The molecule has 0 radical (unpaired) electrons. The highest BCUT2D eigenvalue weighted by Crippen LogP contribution is 2.18. The summed E-state index contributed by atoms with van der Waals surface area (Å²) in [6.07, 6.45) is 2.01. The van der Waals surface area contributed by atoms with Crippen LogP contribution < -0.4 is 5.73 Å². The molecule has 86 valence electrons. The standard InChI is InChI=1S/C12H15BrN2O/c13-10-4-1-3-9(7-10)12-15-11(8-16-12)5-2-6-14/h1,3-4,7,11H,2,5-6,8,14H2. The number of hydrogen-bond donors (Lipinski definition) is 1. The predicted octanol–water partition coefficient (Wildman–Crippen LogP) is 2.33. The van der Waals surface area contributed by atoms with E-state index in [2.05, 4.69) is 20.9 Å². The molecule has 2 rings (SSSR count). The van der Waals surface area contributed by atoms with Gasteiger partial charge in [-0.25, -0.2) is 4.99 Å². The molecule has 1 heterocycles. The fraction of sp³-hybridized carbons (Fsp3) is 0.417. The van der Waals surface area contributed by atoms with Crippen molar-refractivity contribution in [2.75, 3.05) is 13.2 Å². The van der Waals surface area contributed by atoms with E-state index in [0.29, 0.717) is 6.61 Å². The van der Waals surface area contributed by atoms with E-state index in [1.54, 1.807) is 0 Å². The zero-order chi connectivity index (χ0) is 11.4. The van der Waals surface area contributed by atoms with Gasteiger partial charge in [-0.1, -0.05) is 22.0 Å². The van der Waals surface area contributed by atoms with Gasteiger partial charge in [0, 0.05) is 10.0 Å². The summed E-state index contributed by atoms with van der Waals surface area (Å²) in [5.41, 5.74) is 6.51. The van der Waals surface area contributed by atoms with Crippen molar-refractivity contribution in [3.8, 4) is 0 Å². The van der Waals surface area contributed by atoms with Gasteiger partial charge in [0.2, 0.25) is 5.90 Å². The van der Waals surface area contributed by atoms with Crippen molar-refractivity contribution in [2.24, 2.45) is 10.7 Å². The normalized spacial score (nSPS) is 19.4. The number of ether oxygens (including phenoxy) is 1. The van der Waals surface area contributed by atoms with Gasteiger partial charge in [-0.3, -0.25) is 0 Å². The SMILES string of the molecule is NCCCC1COC(c2cccc(Br)c2)=N1. The Hall–Kier alpha value is -0.870. The molecule has 1 aliphatic rings. The fourth-order valence-electron chi connectivity index (χ4n) is 1.70. The summed E-state index contributed by atoms with van der Waals surface area (Å²) >= 11 is 3.44. The van der Waals surface area contributed by atoms with E-state index < -0.39 is 0 Å². The van der Waals surface area contributed by atoms with Crippen molar-refractivity contribution in [2.45, 2.75) is 18.9 Å². The zero-order valence-corrected chi connectivity index (χ0v) is 10.6. The molecule has 0 saturated heterocycles. The Balaban J connectivity index is 2.06. The van der Waals surface area contributed by atoms with Gasteiger partial charge >= 0.3 is 0 Å². The van der Waals surface area contributed by atoms with Gasteiger partial charge in [0.25, 0.3) is 0 Å². The number of halogens is 1. The molecule has 1 unspecified atom stereocenters. The van der Waals surface area contributed by atoms with Crippen LogP contribution in [-0.4, -0.2) is 25.1 Å². The molecule has 1 aliphatic heterocycles. The molecule has 0 bridgehead atoms. The lowest BCUT2D eigenvalue weighted by molar-refractivity contribution is 0.311. The zero-order valence-electron chi connectivity index (χ0n) is 9.03. The molecule has 1 atom stereocenters. The van der Waals surface area contributed by atoms with Crippen LogP contribution in [0.25, 0.3) is 0 Å². The van der Waals surface area contributed by atoms with Gasteiger partial charge in [0.05, 0.1) is 6.04 Å². The van der Waals surface area contributed by atoms with Gasteiger partial charge in [-0.15, -0.1) is 0 Å². The molecular weight excluding hydrogens is 268 g/mol. The monoisotopic (exact) mass is 282 g/mol. The van der Waals surface area contributed by atoms with E-state index in [9.17, 15) is 0 Å². The second-order valence-electron chi connectivity index (χ2n) is 3.84. The summed E-state index contributed by atoms with van der Waals surface area (Å²) < 4.78 is 6.64. The van der Waals surface area contributed by atoms with Crippen molar-refractivity contribution in [3.05, 3.63) is 34.3 Å². The largest absolute Gasteiger partial charge is 0.475 e. The maximum Gasteiger partial charge on any atom is 0.216 e. The van der Waals surface area contributed by atoms with Gasteiger partial charge < -0.3 is 10.5 Å². The highest BCUT2D eigenvalue weighted by molar-refractivity contribution is 9.10. The first-order chi connectivity index (χ1) is 7.79. The molecule has 16 heavy (non-hydrogen) atoms. The molecule has 0 spiro atoms. The highest BCUT2D eigenvalue weighted by Gasteiger charge is 2.19. The molecular formula is C12H15BrN2O. The number of aliphatic imine (C=N–C) groups is 1. The lowest BCUT2D eigenvalue weighted by Crippen LogP contribution is -2.09. The minimum absolute atomic E-state index is 0.275. The van der Waals surface area contributed by atoms with E-state index in [4.69, 9.17) is 10.5 Å². The number of nitrogens with two attached hydrogens (primary N) is 1. The minimum atomic E-state index is 0.275. The van der Waals surface area contributed by atoms with Crippen LogP contribution >= 0.6 is 15.9 Å². The summed E-state index contributed by atoms with van der Waals surface area (Å²) in [7, 11) is 0. The van der Waals surface area contributed by atoms with Crippen LogP contribution in [0.1, 0.15) is 18.4 Å². The third-order valence-electron chi connectivity index (χ3n) is 2.53. The molecule has 0 aromatic heterocycles. The molecule has 4 heteroatoms. The molecule has 3 nitrogen and oxygen atoms in total. The average molecular weight is 283 g/mol. The Morgan fingerprint density at radius 3 is 3.12 bits per heavy atom. The van der Waals surface area contributed by atoms with Gasteiger partial charge in [0.1, 0.15) is 6.61 Å². The van der Waals surface area contributed by atoms with Crippen LogP contribution in [-0.2, 0) is 4.74 Å². The summed E-state index contributed by atoms with van der Waals surface area (Å²) in [4.78, 5) is 4.55. The Morgan fingerprint density at radius 1 is 1.50 bits per heavy atom. The number of benzene rings is 1. The van der Waals surface area contributed by atoms with Crippen molar-refractivity contribution in [1.82, 2.24) is 0 Å². The molecule has 0 fully saturated rings. The first kappa shape index (κ1) is 11.6. The van der Waals surface area contributed by atoms with Crippen molar-refractivity contribution >= 4 is 21.8 Å². The molecule has 1 aromatic carbocycles. The topological polar surface area (TPSA) is 47.6 Å². The first-order valence-electron chi connectivity index (χ1n) is 5.46. The van der Waals surface area contributed by atoms with Crippen LogP contribution in [0.5, 0.6) is 0 Å².